The molecule has 0 saturated heterocycles. The van der Waals surface area contributed by atoms with Crippen LogP contribution in [0.15, 0.2) is 29.4 Å². The van der Waals surface area contributed by atoms with E-state index in [0.29, 0.717) is 35.9 Å². The minimum absolute atomic E-state index is 0.0636. The van der Waals surface area contributed by atoms with E-state index in [9.17, 15) is 19.2 Å². The molecule has 2 atom stereocenters. The molecule has 1 aromatic rings. The number of azide groups is 1. The second kappa shape index (κ2) is 18.1. The summed E-state index contributed by atoms with van der Waals surface area (Å²) in [6.07, 6.45) is 1.18. The quantitative estimate of drug-likeness (QED) is 0.0353. The van der Waals surface area contributed by atoms with E-state index < -0.39 is 52.8 Å². The third kappa shape index (κ3) is 18.6. The number of nitrogens with one attached hydrogen (secondary N) is 4. The summed E-state index contributed by atoms with van der Waals surface area (Å²) < 4.78 is 16.3. The van der Waals surface area contributed by atoms with Crippen LogP contribution in [-0.4, -0.2) is 64.5 Å². The van der Waals surface area contributed by atoms with Gasteiger partial charge in [-0.3, -0.25) is 4.79 Å². The van der Waals surface area contributed by atoms with Crippen molar-refractivity contribution in [2.75, 3.05) is 11.9 Å². The number of hydrogen-bond acceptors (Lipinski definition) is 9. The maximum Gasteiger partial charge on any atom is 0.329 e. The van der Waals surface area contributed by atoms with Crippen molar-refractivity contribution in [2.24, 2.45) is 5.11 Å². The van der Waals surface area contributed by atoms with Crippen LogP contribution in [0, 0.1) is 0 Å². The summed E-state index contributed by atoms with van der Waals surface area (Å²) in [5.41, 5.74) is 7.38. The monoisotopic (exact) mass is 663 g/mol. The van der Waals surface area contributed by atoms with Gasteiger partial charge in [0.25, 0.3) is 0 Å². The van der Waals surface area contributed by atoms with Crippen molar-refractivity contribution in [1.29, 1.82) is 0 Å². The van der Waals surface area contributed by atoms with E-state index in [4.69, 9.17) is 32.0 Å². The van der Waals surface area contributed by atoms with E-state index in [1.54, 1.807) is 86.6 Å². The van der Waals surface area contributed by atoms with Gasteiger partial charge in [-0.05, 0) is 118 Å². The van der Waals surface area contributed by atoms with Crippen LogP contribution < -0.4 is 21.3 Å². The highest BCUT2D eigenvalue weighted by atomic mass is 32.1. The SMILES string of the molecule is CC(C)(C)OC(=O)CCC(NC(=O)NC(CCCCNC(=S)Nc1ccc(N=[N+]=[N-])cc1)C(=O)OC(C)(C)C)C(=O)OC(C)(C)C. The number of benzene rings is 1. The molecule has 14 nitrogen and oxygen atoms in total. The minimum atomic E-state index is -1.17. The van der Waals surface area contributed by atoms with Gasteiger partial charge in [-0.25, -0.2) is 14.4 Å². The van der Waals surface area contributed by atoms with Crippen molar-refractivity contribution in [3.8, 4) is 0 Å². The highest BCUT2D eigenvalue weighted by molar-refractivity contribution is 7.80. The Hall–Kier alpha value is -4.10. The van der Waals surface area contributed by atoms with Crippen LogP contribution in [0.25, 0.3) is 10.4 Å². The molecule has 0 aliphatic rings. The number of carbonyl (C=O) groups excluding carboxylic acids is 4. The molecule has 2 amide bonds. The molecular formula is C31H49N7O7S. The fourth-order valence-corrected chi connectivity index (χ4v) is 3.99. The van der Waals surface area contributed by atoms with Crippen molar-refractivity contribution in [3.05, 3.63) is 34.7 Å². The maximum atomic E-state index is 13.1. The molecule has 0 spiro atoms. The predicted octanol–water partition coefficient (Wildman–Crippen LogP) is 5.93. The van der Waals surface area contributed by atoms with Gasteiger partial charge in [0.15, 0.2) is 5.11 Å². The van der Waals surface area contributed by atoms with Gasteiger partial charge in [-0.1, -0.05) is 17.2 Å². The number of urea groups is 1. The van der Waals surface area contributed by atoms with Crippen molar-refractivity contribution in [3.63, 3.8) is 0 Å². The highest BCUT2D eigenvalue weighted by Gasteiger charge is 2.31. The standard InChI is InChI=1S/C31H49N7O7S/c1-29(2,3)43-24(39)18-17-23(26(41)45-31(7,8)9)36-27(42)35-22(25(40)44-30(4,5)6)12-10-11-19-33-28(46)34-20-13-15-21(16-14-20)37-38-32/h13-16,22-23H,10-12,17-19H2,1-9H3,(H2,33,34,46)(H2,35,36,42). The smallest absolute Gasteiger partial charge is 0.329 e. The van der Waals surface area contributed by atoms with Gasteiger partial charge in [-0.15, -0.1) is 0 Å². The molecule has 0 fully saturated rings. The Bertz CT molecular complexity index is 1250. The number of ether oxygens (including phenoxy) is 3. The van der Waals surface area contributed by atoms with Crippen molar-refractivity contribution in [2.45, 2.75) is 123 Å². The lowest BCUT2D eigenvalue weighted by Crippen LogP contribution is -2.53. The molecule has 0 radical (unpaired) electrons. The number of unbranched alkanes of at least 4 members (excludes halogenated alkanes) is 1. The van der Waals surface area contributed by atoms with Crippen molar-refractivity contribution in [1.82, 2.24) is 16.0 Å². The van der Waals surface area contributed by atoms with Gasteiger partial charge in [0, 0.05) is 29.3 Å². The van der Waals surface area contributed by atoms with E-state index >= 15 is 0 Å². The molecule has 0 aliphatic heterocycles. The van der Waals surface area contributed by atoms with Crippen LogP contribution in [0.4, 0.5) is 16.2 Å². The largest absolute Gasteiger partial charge is 0.460 e. The molecule has 1 rings (SSSR count). The van der Waals surface area contributed by atoms with Gasteiger partial charge < -0.3 is 35.5 Å². The topological polar surface area (TPSA) is 193 Å². The first-order valence-corrected chi connectivity index (χ1v) is 15.5. The van der Waals surface area contributed by atoms with Gasteiger partial charge in [0.1, 0.15) is 28.9 Å². The second-order valence-corrected chi connectivity index (χ2v) is 13.9. The summed E-state index contributed by atoms with van der Waals surface area (Å²) in [7, 11) is 0. The number of esters is 3. The molecular weight excluding hydrogens is 614 g/mol. The Kier molecular flexibility index (Phi) is 15.8. The molecule has 0 heterocycles. The number of rotatable bonds is 14. The number of nitrogens with zero attached hydrogens (tertiary/aromatic N) is 3. The zero-order valence-electron chi connectivity index (χ0n) is 28.3. The van der Waals surface area contributed by atoms with Crippen molar-refractivity contribution < 1.29 is 33.4 Å². The Balaban J connectivity index is 2.81. The lowest BCUT2D eigenvalue weighted by molar-refractivity contribution is -0.159. The first kappa shape index (κ1) is 39.9. The number of hydrogen-bond donors (Lipinski definition) is 4. The molecule has 0 aromatic heterocycles. The molecule has 46 heavy (non-hydrogen) atoms. The van der Waals surface area contributed by atoms with Crippen LogP contribution >= 0.6 is 12.2 Å². The molecule has 1 aromatic carbocycles. The Morgan fingerprint density at radius 1 is 0.804 bits per heavy atom. The van der Waals surface area contributed by atoms with E-state index in [1.807, 2.05) is 0 Å². The minimum Gasteiger partial charge on any atom is -0.460 e. The van der Waals surface area contributed by atoms with Crippen molar-refractivity contribution >= 4 is 52.6 Å². The molecule has 256 valence electrons. The van der Waals surface area contributed by atoms with Gasteiger partial charge in [-0.2, -0.15) is 0 Å². The molecule has 0 aliphatic carbocycles. The van der Waals surface area contributed by atoms with Crippen LogP contribution in [0.2, 0.25) is 0 Å². The number of anilines is 1. The van der Waals surface area contributed by atoms with Crippen LogP contribution in [-0.2, 0) is 28.6 Å². The van der Waals surface area contributed by atoms with Gasteiger partial charge in [0.05, 0.1) is 0 Å². The second-order valence-electron chi connectivity index (χ2n) is 13.5. The summed E-state index contributed by atoms with van der Waals surface area (Å²) in [4.78, 5) is 54.0. The average Bonchev–Trinajstić information content (AvgIpc) is 2.88. The van der Waals surface area contributed by atoms with Gasteiger partial charge in [0.2, 0.25) is 0 Å². The lowest BCUT2D eigenvalue weighted by atomic mass is 10.1. The molecule has 4 N–H and O–H groups in total. The first-order chi connectivity index (χ1) is 21.2. The third-order valence-electron chi connectivity index (χ3n) is 5.54. The van der Waals surface area contributed by atoms with E-state index in [0.717, 1.165) is 0 Å². The summed E-state index contributed by atoms with van der Waals surface area (Å²) in [5.74, 6) is -1.87. The van der Waals surface area contributed by atoms with E-state index in [-0.39, 0.29) is 19.3 Å². The van der Waals surface area contributed by atoms with Crippen LogP contribution in [0.5, 0.6) is 0 Å². The maximum absolute atomic E-state index is 13.1. The molecule has 0 saturated carbocycles. The number of thiocarbonyl (C=S) groups is 1. The molecule has 15 heteroatoms. The molecule has 2 unspecified atom stereocenters. The highest BCUT2D eigenvalue weighted by Crippen LogP contribution is 2.17. The van der Waals surface area contributed by atoms with Crippen LogP contribution in [0.1, 0.15) is 94.4 Å². The fraction of sp³-hybridized carbons (Fsp3) is 0.645. The number of amides is 2. The Morgan fingerprint density at radius 2 is 1.30 bits per heavy atom. The zero-order chi connectivity index (χ0) is 35.1. The third-order valence-corrected chi connectivity index (χ3v) is 5.79. The van der Waals surface area contributed by atoms with E-state index in [2.05, 4.69) is 31.3 Å². The van der Waals surface area contributed by atoms with Crippen LogP contribution in [0.3, 0.4) is 0 Å². The summed E-state index contributed by atoms with van der Waals surface area (Å²) in [6.45, 7) is 15.9. The zero-order valence-corrected chi connectivity index (χ0v) is 29.1. The predicted molar refractivity (Wildman–Crippen MR) is 179 cm³/mol. The summed E-state index contributed by atoms with van der Waals surface area (Å²) in [5, 5.41) is 15.2. The number of carbonyl (C=O) groups is 4. The average molecular weight is 664 g/mol. The van der Waals surface area contributed by atoms with E-state index in [1.165, 1.54) is 0 Å². The normalized spacial score (nSPS) is 12.8. The fourth-order valence-electron chi connectivity index (χ4n) is 3.77. The Morgan fingerprint density at radius 3 is 1.78 bits per heavy atom. The first-order valence-electron chi connectivity index (χ1n) is 15.1. The van der Waals surface area contributed by atoms with Gasteiger partial charge >= 0.3 is 23.9 Å². The Labute approximate surface area is 276 Å². The summed E-state index contributed by atoms with van der Waals surface area (Å²) >= 11 is 5.33. The lowest BCUT2D eigenvalue weighted by Gasteiger charge is -2.27. The molecule has 0 bridgehead atoms. The summed E-state index contributed by atoms with van der Waals surface area (Å²) in [6, 6.07) is 3.80.